The third kappa shape index (κ3) is 3.01. The minimum Gasteiger partial charge on any atom is -0.496 e. The van der Waals surface area contributed by atoms with Gasteiger partial charge in [-0.25, -0.2) is 8.78 Å². The summed E-state index contributed by atoms with van der Waals surface area (Å²) in [6.07, 6.45) is 1.42. The number of pyridine rings is 1. The van der Waals surface area contributed by atoms with Crippen LogP contribution in [0, 0.1) is 11.6 Å². The van der Waals surface area contributed by atoms with E-state index in [0.29, 0.717) is 10.9 Å². The fourth-order valence-corrected chi connectivity index (χ4v) is 2.34. The van der Waals surface area contributed by atoms with Gasteiger partial charge in [-0.05, 0) is 12.1 Å². The van der Waals surface area contributed by atoms with Crippen molar-refractivity contribution in [1.29, 1.82) is 0 Å². The number of primary amides is 1. The zero-order valence-corrected chi connectivity index (χ0v) is 13.0. The fraction of sp³-hybridized carbons (Fsp3) is 0.0588. The van der Waals surface area contributed by atoms with Gasteiger partial charge in [-0.2, -0.15) is 0 Å². The van der Waals surface area contributed by atoms with E-state index < -0.39 is 17.5 Å². The molecule has 0 unspecified atom stereocenters. The van der Waals surface area contributed by atoms with Gasteiger partial charge in [0.2, 0.25) is 0 Å². The molecule has 0 saturated heterocycles. The lowest BCUT2D eigenvalue weighted by Crippen LogP contribution is -2.12. The number of hydrogen-bond donors (Lipinski definition) is 2. The Morgan fingerprint density at radius 1 is 1.08 bits per heavy atom. The quantitative estimate of drug-likeness (QED) is 0.708. The third-order valence-electron chi connectivity index (χ3n) is 3.56. The summed E-state index contributed by atoms with van der Waals surface area (Å²) >= 11 is 0. The summed E-state index contributed by atoms with van der Waals surface area (Å²) in [6, 6.07) is 6.04. The van der Waals surface area contributed by atoms with Gasteiger partial charge >= 0.3 is 0 Å². The Morgan fingerprint density at radius 2 is 1.84 bits per heavy atom. The van der Waals surface area contributed by atoms with Crippen molar-refractivity contribution < 1.29 is 23.0 Å². The molecule has 25 heavy (non-hydrogen) atoms. The average Bonchev–Trinajstić information content (AvgIpc) is 2.58. The van der Waals surface area contributed by atoms with Gasteiger partial charge in [-0.15, -0.1) is 0 Å². The number of benzene rings is 2. The van der Waals surface area contributed by atoms with Crippen LogP contribution >= 0.6 is 0 Å². The Morgan fingerprint density at radius 3 is 2.52 bits per heavy atom. The predicted octanol–water partition coefficient (Wildman–Crippen LogP) is 3.00. The first kappa shape index (κ1) is 16.4. The highest BCUT2D eigenvalue weighted by molar-refractivity contribution is 6.01. The molecule has 0 fully saturated rings. The summed E-state index contributed by atoms with van der Waals surface area (Å²) in [5.41, 5.74) is 10.9. The van der Waals surface area contributed by atoms with Crippen LogP contribution in [-0.2, 0) is 0 Å². The lowest BCUT2D eigenvalue weighted by Gasteiger charge is -2.12. The maximum atomic E-state index is 14.0. The molecule has 2 aromatic carbocycles. The van der Waals surface area contributed by atoms with E-state index in [1.807, 2.05) is 0 Å². The molecular weight excluding hydrogens is 332 g/mol. The van der Waals surface area contributed by atoms with Gasteiger partial charge in [-0.3, -0.25) is 9.78 Å². The zero-order chi connectivity index (χ0) is 18.1. The molecule has 3 aromatic rings. The number of carbonyl (C=O) groups excluding carboxylic acids is 1. The van der Waals surface area contributed by atoms with Gasteiger partial charge in [0.15, 0.2) is 11.6 Å². The molecule has 0 radical (unpaired) electrons. The molecule has 3 rings (SSSR count). The highest BCUT2D eigenvalue weighted by Crippen LogP contribution is 2.34. The molecule has 0 aliphatic rings. The number of nitrogens with zero attached hydrogens (tertiary/aromatic N) is 1. The lowest BCUT2D eigenvalue weighted by molar-refractivity contribution is 0.0997. The molecule has 0 bridgehead atoms. The number of nitrogens with two attached hydrogens (primary N) is 2. The van der Waals surface area contributed by atoms with E-state index in [1.54, 1.807) is 0 Å². The van der Waals surface area contributed by atoms with E-state index in [1.165, 1.54) is 31.5 Å². The maximum Gasteiger partial charge on any atom is 0.252 e. The summed E-state index contributed by atoms with van der Waals surface area (Å²) in [5, 5.41) is 0.383. The largest absolute Gasteiger partial charge is 0.496 e. The molecule has 4 N–H and O–H groups in total. The van der Waals surface area contributed by atoms with Gasteiger partial charge in [0, 0.05) is 29.8 Å². The van der Waals surface area contributed by atoms with Crippen LogP contribution in [0.15, 0.2) is 36.5 Å². The Kier molecular flexibility index (Phi) is 4.10. The first-order valence-electron chi connectivity index (χ1n) is 7.09. The van der Waals surface area contributed by atoms with Gasteiger partial charge in [-0.1, -0.05) is 0 Å². The number of halogens is 2. The third-order valence-corrected chi connectivity index (χ3v) is 3.56. The first-order chi connectivity index (χ1) is 11.9. The molecule has 8 heteroatoms. The number of ether oxygens (including phenoxy) is 2. The van der Waals surface area contributed by atoms with E-state index in [4.69, 9.17) is 20.9 Å². The van der Waals surface area contributed by atoms with Crippen LogP contribution in [0.2, 0.25) is 0 Å². The molecule has 0 aliphatic heterocycles. The van der Waals surface area contributed by atoms with Crippen molar-refractivity contribution in [1.82, 2.24) is 4.98 Å². The molecule has 128 valence electrons. The number of amides is 1. The number of aromatic nitrogens is 1. The number of hydrogen-bond acceptors (Lipinski definition) is 5. The Balaban J connectivity index is 2.15. The van der Waals surface area contributed by atoms with Gasteiger partial charge in [0.05, 0.1) is 23.9 Å². The van der Waals surface area contributed by atoms with E-state index in [-0.39, 0.29) is 28.5 Å². The SMILES string of the molecule is COc1cc2nccc(Oc3cc(F)c(N)cc3F)c2cc1C(N)=O. The first-order valence-corrected chi connectivity index (χ1v) is 7.09. The van der Waals surface area contributed by atoms with Crippen LogP contribution in [0.25, 0.3) is 10.9 Å². The molecule has 0 saturated carbocycles. The second kappa shape index (κ2) is 6.23. The lowest BCUT2D eigenvalue weighted by atomic mass is 10.1. The average molecular weight is 345 g/mol. The maximum absolute atomic E-state index is 14.0. The van der Waals surface area contributed by atoms with Gasteiger partial charge in [0.1, 0.15) is 17.3 Å². The number of rotatable bonds is 4. The predicted molar refractivity (Wildman–Crippen MR) is 87.7 cm³/mol. The van der Waals surface area contributed by atoms with Crippen LogP contribution in [0.1, 0.15) is 10.4 Å². The highest BCUT2D eigenvalue weighted by Gasteiger charge is 2.16. The van der Waals surface area contributed by atoms with Crippen LogP contribution in [0.4, 0.5) is 14.5 Å². The minimum atomic E-state index is -0.826. The molecule has 1 aromatic heterocycles. The monoisotopic (exact) mass is 345 g/mol. The highest BCUT2D eigenvalue weighted by atomic mass is 19.1. The Bertz CT molecular complexity index is 993. The number of fused-ring (bicyclic) bond motifs is 1. The normalized spacial score (nSPS) is 10.7. The van der Waals surface area contributed by atoms with Crippen LogP contribution in [0.5, 0.6) is 17.2 Å². The van der Waals surface area contributed by atoms with Gasteiger partial charge in [0.25, 0.3) is 5.91 Å². The van der Waals surface area contributed by atoms with Crippen molar-refractivity contribution in [3.05, 3.63) is 53.7 Å². The van der Waals surface area contributed by atoms with E-state index in [0.717, 1.165) is 12.1 Å². The number of nitrogen functional groups attached to an aromatic ring is 1. The molecule has 1 amide bonds. The Hall–Kier alpha value is -3.42. The number of anilines is 1. The number of carbonyl (C=O) groups is 1. The van der Waals surface area contributed by atoms with E-state index in [2.05, 4.69) is 4.98 Å². The van der Waals surface area contributed by atoms with E-state index >= 15 is 0 Å². The van der Waals surface area contributed by atoms with Crippen molar-refractivity contribution in [2.24, 2.45) is 5.73 Å². The van der Waals surface area contributed by atoms with E-state index in [9.17, 15) is 13.6 Å². The standard InChI is InChI=1S/C17H13F2N3O3/c1-24-15-7-13-8(4-9(15)17(21)23)14(2-3-22-13)25-16-6-10(18)12(20)5-11(16)19/h2-7H,20H2,1H3,(H2,21,23). The summed E-state index contributed by atoms with van der Waals surface area (Å²) < 4.78 is 38.1. The van der Waals surface area contributed by atoms with Crippen molar-refractivity contribution in [2.45, 2.75) is 0 Å². The smallest absolute Gasteiger partial charge is 0.252 e. The van der Waals surface area contributed by atoms with Crippen molar-refractivity contribution in [3.8, 4) is 17.2 Å². The van der Waals surface area contributed by atoms with Crippen molar-refractivity contribution in [3.63, 3.8) is 0 Å². The van der Waals surface area contributed by atoms with Crippen molar-refractivity contribution >= 4 is 22.5 Å². The summed E-state index contributed by atoms with van der Waals surface area (Å²) in [5.74, 6) is -2.29. The molecule has 1 heterocycles. The summed E-state index contributed by atoms with van der Waals surface area (Å²) in [4.78, 5) is 15.7. The molecule has 0 aliphatic carbocycles. The summed E-state index contributed by atoms with van der Waals surface area (Å²) in [6.45, 7) is 0. The molecular formula is C17H13F2N3O3. The second-order valence-electron chi connectivity index (χ2n) is 5.15. The van der Waals surface area contributed by atoms with Crippen LogP contribution in [0.3, 0.4) is 0 Å². The molecule has 0 spiro atoms. The Labute approximate surface area is 141 Å². The van der Waals surface area contributed by atoms with Crippen LogP contribution in [-0.4, -0.2) is 18.0 Å². The molecule has 0 atom stereocenters. The second-order valence-corrected chi connectivity index (χ2v) is 5.15. The number of methoxy groups -OCH3 is 1. The fourth-order valence-electron chi connectivity index (χ4n) is 2.34. The zero-order valence-electron chi connectivity index (χ0n) is 13.0. The molecule has 6 nitrogen and oxygen atoms in total. The topological polar surface area (TPSA) is 100 Å². The van der Waals surface area contributed by atoms with Gasteiger partial charge < -0.3 is 20.9 Å². The minimum absolute atomic E-state index is 0.108. The summed E-state index contributed by atoms with van der Waals surface area (Å²) in [7, 11) is 1.39. The van der Waals surface area contributed by atoms with Crippen LogP contribution < -0.4 is 20.9 Å². The van der Waals surface area contributed by atoms with Crippen molar-refractivity contribution in [2.75, 3.05) is 12.8 Å².